The van der Waals surface area contributed by atoms with Crippen LogP contribution in [0, 0.1) is 12.7 Å². The van der Waals surface area contributed by atoms with E-state index >= 15 is 0 Å². The van der Waals surface area contributed by atoms with Gasteiger partial charge in [-0.2, -0.15) is 17.9 Å². The standard InChI is InChI=1S/C20H17FN2O2S2/c1-14-5-2-3-7-20(14)27(24,25)23-18(15-8-10-16(21)11-9-15)13-17(22-23)19-6-4-12-26-19/h2-12,18H,13H2,1H3/t18-/m1/s1. The van der Waals surface area contributed by atoms with Gasteiger partial charge in [-0.1, -0.05) is 36.4 Å². The lowest BCUT2D eigenvalue weighted by atomic mass is 10.0. The van der Waals surface area contributed by atoms with Gasteiger partial charge in [-0.3, -0.25) is 0 Å². The van der Waals surface area contributed by atoms with E-state index in [4.69, 9.17) is 0 Å². The Morgan fingerprint density at radius 1 is 1.07 bits per heavy atom. The van der Waals surface area contributed by atoms with Gasteiger partial charge in [0.25, 0.3) is 10.0 Å². The SMILES string of the molecule is Cc1ccccc1S(=O)(=O)N1N=C(c2cccs2)C[C@@H]1c1ccc(F)cc1. The maximum atomic E-state index is 13.4. The van der Waals surface area contributed by atoms with Gasteiger partial charge in [-0.15, -0.1) is 11.3 Å². The van der Waals surface area contributed by atoms with Gasteiger partial charge in [0.1, 0.15) is 5.82 Å². The molecule has 0 N–H and O–H groups in total. The number of hydrogen-bond acceptors (Lipinski definition) is 4. The van der Waals surface area contributed by atoms with Crippen molar-refractivity contribution in [3.05, 3.63) is 87.9 Å². The molecule has 0 radical (unpaired) electrons. The molecule has 0 saturated carbocycles. The molecule has 0 spiro atoms. The first-order valence-corrected chi connectivity index (χ1v) is 10.8. The molecule has 0 fully saturated rings. The van der Waals surface area contributed by atoms with Gasteiger partial charge in [0, 0.05) is 6.42 Å². The zero-order valence-corrected chi connectivity index (χ0v) is 16.2. The van der Waals surface area contributed by atoms with Crippen LogP contribution in [-0.2, 0) is 10.0 Å². The minimum Gasteiger partial charge on any atom is -0.207 e. The zero-order chi connectivity index (χ0) is 19.0. The molecular weight excluding hydrogens is 383 g/mol. The van der Waals surface area contributed by atoms with Crippen molar-refractivity contribution in [3.8, 4) is 0 Å². The van der Waals surface area contributed by atoms with Crippen LogP contribution in [0.5, 0.6) is 0 Å². The van der Waals surface area contributed by atoms with E-state index in [0.29, 0.717) is 17.5 Å². The van der Waals surface area contributed by atoms with Crippen LogP contribution in [-0.4, -0.2) is 18.5 Å². The van der Waals surface area contributed by atoms with Crippen LogP contribution in [0.4, 0.5) is 4.39 Å². The highest BCUT2D eigenvalue weighted by Crippen LogP contribution is 2.38. The summed E-state index contributed by atoms with van der Waals surface area (Å²) in [5.41, 5.74) is 2.09. The Balaban J connectivity index is 1.82. The van der Waals surface area contributed by atoms with Crippen molar-refractivity contribution < 1.29 is 12.8 Å². The van der Waals surface area contributed by atoms with E-state index < -0.39 is 16.1 Å². The molecule has 1 atom stereocenters. The number of hydrazone groups is 1. The average Bonchev–Trinajstić information content (AvgIpc) is 3.32. The highest BCUT2D eigenvalue weighted by Gasteiger charge is 2.38. The van der Waals surface area contributed by atoms with Crippen molar-refractivity contribution in [2.75, 3.05) is 0 Å². The van der Waals surface area contributed by atoms with Crippen LogP contribution >= 0.6 is 11.3 Å². The summed E-state index contributed by atoms with van der Waals surface area (Å²) in [5, 5.41) is 6.41. The second-order valence-electron chi connectivity index (χ2n) is 6.34. The van der Waals surface area contributed by atoms with Crippen molar-refractivity contribution in [2.45, 2.75) is 24.3 Å². The van der Waals surface area contributed by atoms with Gasteiger partial charge in [-0.25, -0.2) is 4.39 Å². The Labute approximate surface area is 161 Å². The molecular formula is C20H17FN2O2S2. The van der Waals surface area contributed by atoms with E-state index in [-0.39, 0.29) is 10.7 Å². The summed E-state index contributed by atoms with van der Waals surface area (Å²) in [5.74, 6) is -0.357. The average molecular weight is 401 g/mol. The van der Waals surface area contributed by atoms with E-state index in [0.717, 1.165) is 10.6 Å². The van der Waals surface area contributed by atoms with E-state index in [1.54, 1.807) is 43.3 Å². The number of benzene rings is 2. The molecule has 3 aromatic rings. The highest BCUT2D eigenvalue weighted by molar-refractivity contribution is 7.89. The van der Waals surface area contributed by atoms with Crippen LogP contribution in [0.1, 0.15) is 28.5 Å². The lowest BCUT2D eigenvalue weighted by molar-refractivity contribution is 0.371. The molecule has 1 aliphatic rings. The third-order valence-electron chi connectivity index (χ3n) is 4.55. The predicted octanol–water partition coefficient (Wildman–Crippen LogP) is 4.74. The number of nitrogens with zero attached hydrogens (tertiary/aromatic N) is 2. The first-order valence-electron chi connectivity index (χ1n) is 8.44. The maximum Gasteiger partial charge on any atom is 0.279 e. The van der Waals surface area contributed by atoms with Gasteiger partial charge < -0.3 is 0 Å². The summed E-state index contributed by atoms with van der Waals surface area (Å²) in [6.07, 6.45) is 0.442. The van der Waals surface area contributed by atoms with Gasteiger partial charge in [-0.05, 0) is 47.7 Å². The minimum atomic E-state index is -3.84. The predicted molar refractivity (Wildman–Crippen MR) is 105 cm³/mol. The molecule has 7 heteroatoms. The van der Waals surface area contributed by atoms with E-state index in [1.165, 1.54) is 27.9 Å². The maximum absolute atomic E-state index is 13.4. The number of rotatable bonds is 4. The highest BCUT2D eigenvalue weighted by atomic mass is 32.2. The van der Waals surface area contributed by atoms with Crippen molar-refractivity contribution in [1.29, 1.82) is 0 Å². The molecule has 27 heavy (non-hydrogen) atoms. The summed E-state index contributed by atoms with van der Waals surface area (Å²) >= 11 is 1.52. The lowest BCUT2D eigenvalue weighted by Crippen LogP contribution is -2.28. The Hall–Kier alpha value is -2.51. The first-order chi connectivity index (χ1) is 13.0. The smallest absolute Gasteiger partial charge is 0.207 e. The van der Waals surface area contributed by atoms with Crippen LogP contribution in [0.25, 0.3) is 0 Å². The van der Waals surface area contributed by atoms with Crippen LogP contribution in [0.15, 0.2) is 76.0 Å². The molecule has 4 rings (SSSR count). The third-order valence-corrected chi connectivity index (χ3v) is 7.31. The van der Waals surface area contributed by atoms with Gasteiger partial charge in [0.15, 0.2) is 0 Å². The number of aryl methyl sites for hydroxylation is 1. The molecule has 2 heterocycles. The van der Waals surface area contributed by atoms with Crippen LogP contribution in [0.2, 0.25) is 0 Å². The lowest BCUT2D eigenvalue weighted by Gasteiger charge is -2.24. The minimum absolute atomic E-state index is 0.230. The van der Waals surface area contributed by atoms with E-state index in [9.17, 15) is 12.8 Å². The third kappa shape index (κ3) is 3.28. The summed E-state index contributed by atoms with van der Waals surface area (Å²) in [4.78, 5) is 1.16. The van der Waals surface area contributed by atoms with Gasteiger partial charge in [0.05, 0.1) is 21.5 Å². The number of thiophene rings is 1. The monoisotopic (exact) mass is 400 g/mol. The van der Waals surface area contributed by atoms with E-state index in [1.807, 2.05) is 17.5 Å². The Morgan fingerprint density at radius 2 is 1.81 bits per heavy atom. The summed E-state index contributed by atoms with van der Waals surface area (Å²) in [6.45, 7) is 1.76. The summed E-state index contributed by atoms with van der Waals surface area (Å²) in [7, 11) is -3.84. The molecule has 0 bridgehead atoms. The molecule has 4 nitrogen and oxygen atoms in total. The molecule has 0 amide bonds. The Morgan fingerprint density at radius 3 is 2.48 bits per heavy atom. The van der Waals surface area contributed by atoms with Crippen molar-refractivity contribution >= 4 is 27.1 Å². The molecule has 2 aromatic carbocycles. The second kappa shape index (κ2) is 6.90. The molecule has 138 valence electrons. The van der Waals surface area contributed by atoms with Crippen LogP contribution < -0.4 is 0 Å². The molecule has 0 saturated heterocycles. The largest absolute Gasteiger partial charge is 0.279 e. The Bertz CT molecular complexity index is 1090. The summed E-state index contributed by atoms with van der Waals surface area (Å²) in [6, 6.07) is 16.1. The topological polar surface area (TPSA) is 49.7 Å². The fourth-order valence-electron chi connectivity index (χ4n) is 3.18. The fraction of sp³-hybridized carbons (Fsp3) is 0.150. The fourth-order valence-corrected chi connectivity index (χ4v) is 5.57. The molecule has 0 unspecified atom stereocenters. The van der Waals surface area contributed by atoms with Crippen molar-refractivity contribution in [2.24, 2.45) is 5.10 Å². The normalized spacial score (nSPS) is 17.2. The zero-order valence-electron chi connectivity index (χ0n) is 14.5. The summed E-state index contributed by atoms with van der Waals surface area (Å²) < 4.78 is 41.3. The molecule has 0 aliphatic carbocycles. The molecule has 1 aliphatic heterocycles. The number of sulfonamides is 1. The number of halogens is 1. The first kappa shape index (κ1) is 17.9. The van der Waals surface area contributed by atoms with Gasteiger partial charge >= 0.3 is 0 Å². The number of hydrogen-bond donors (Lipinski definition) is 0. The second-order valence-corrected chi connectivity index (χ2v) is 9.05. The van der Waals surface area contributed by atoms with Crippen LogP contribution in [0.3, 0.4) is 0 Å². The van der Waals surface area contributed by atoms with Crippen molar-refractivity contribution in [3.63, 3.8) is 0 Å². The molecule has 1 aromatic heterocycles. The van der Waals surface area contributed by atoms with E-state index in [2.05, 4.69) is 5.10 Å². The van der Waals surface area contributed by atoms with Crippen molar-refractivity contribution in [1.82, 2.24) is 4.41 Å². The Kier molecular flexibility index (Phi) is 4.57. The quantitative estimate of drug-likeness (QED) is 0.635. The van der Waals surface area contributed by atoms with Gasteiger partial charge in [0.2, 0.25) is 0 Å².